The van der Waals surface area contributed by atoms with Crippen LogP contribution in [0.2, 0.25) is 0 Å². The van der Waals surface area contributed by atoms with Gasteiger partial charge in [0.25, 0.3) is 5.56 Å². The van der Waals surface area contributed by atoms with Gasteiger partial charge in [-0.25, -0.2) is 14.6 Å². The highest BCUT2D eigenvalue weighted by Gasteiger charge is 2.21. The van der Waals surface area contributed by atoms with Crippen molar-refractivity contribution < 1.29 is 0 Å². The molecule has 0 spiro atoms. The van der Waals surface area contributed by atoms with Crippen LogP contribution in [-0.4, -0.2) is 30.2 Å². The molecule has 1 N–H and O–H groups in total. The van der Waals surface area contributed by atoms with Gasteiger partial charge in [-0.3, -0.25) is 9.20 Å². The van der Waals surface area contributed by atoms with Crippen molar-refractivity contribution in [3.8, 4) is 0 Å². The minimum Gasteiger partial charge on any atom is -0.307 e. The SMILES string of the molecule is CCc1nc2n(n1)C[C@@H](NCc1cc(=O)n3cccc(C)c3n1)CC2. The van der Waals surface area contributed by atoms with Crippen molar-refractivity contribution in [2.75, 3.05) is 0 Å². The summed E-state index contributed by atoms with van der Waals surface area (Å²) in [6, 6.07) is 5.76. The molecule has 7 heteroatoms. The molecule has 0 aliphatic carbocycles. The number of nitrogens with zero attached hydrogens (tertiary/aromatic N) is 5. The first-order chi connectivity index (χ1) is 12.1. The molecule has 130 valence electrons. The molecule has 0 amide bonds. The van der Waals surface area contributed by atoms with Crippen LogP contribution in [0.3, 0.4) is 0 Å². The second kappa shape index (κ2) is 6.40. The van der Waals surface area contributed by atoms with Crippen LogP contribution in [0.15, 0.2) is 29.2 Å². The van der Waals surface area contributed by atoms with Gasteiger partial charge in [-0.1, -0.05) is 13.0 Å². The van der Waals surface area contributed by atoms with E-state index in [-0.39, 0.29) is 5.56 Å². The molecule has 0 unspecified atom stereocenters. The summed E-state index contributed by atoms with van der Waals surface area (Å²) < 4.78 is 3.60. The number of hydrogen-bond acceptors (Lipinski definition) is 5. The molecule has 25 heavy (non-hydrogen) atoms. The quantitative estimate of drug-likeness (QED) is 0.775. The zero-order valence-electron chi connectivity index (χ0n) is 14.6. The Morgan fingerprint density at radius 1 is 1.36 bits per heavy atom. The van der Waals surface area contributed by atoms with Crippen LogP contribution in [0.25, 0.3) is 5.65 Å². The number of aryl methyl sites for hydroxylation is 3. The Balaban J connectivity index is 1.49. The van der Waals surface area contributed by atoms with Crippen LogP contribution in [0, 0.1) is 6.92 Å². The second-order valence-corrected chi connectivity index (χ2v) is 6.57. The molecule has 4 heterocycles. The van der Waals surface area contributed by atoms with Crippen LogP contribution < -0.4 is 10.9 Å². The van der Waals surface area contributed by atoms with Gasteiger partial charge in [0.05, 0.1) is 12.2 Å². The fourth-order valence-corrected chi connectivity index (χ4v) is 3.33. The molecule has 1 atom stereocenters. The van der Waals surface area contributed by atoms with E-state index in [2.05, 4.69) is 27.3 Å². The molecule has 0 bridgehead atoms. The number of fused-ring (bicyclic) bond motifs is 2. The van der Waals surface area contributed by atoms with Gasteiger partial charge in [0.2, 0.25) is 0 Å². The molecule has 0 fully saturated rings. The Bertz CT molecular complexity index is 973. The number of nitrogens with one attached hydrogen (secondary N) is 1. The predicted molar refractivity (Wildman–Crippen MR) is 94.5 cm³/mol. The summed E-state index contributed by atoms with van der Waals surface area (Å²) in [6.07, 6.45) is 4.57. The van der Waals surface area contributed by atoms with Crippen molar-refractivity contribution >= 4 is 5.65 Å². The van der Waals surface area contributed by atoms with Crippen molar-refractivity contribution in [3.63, 3.8) is 0 Å². The summed E-state index contributed by atoms with van der Waals surface area (Å²) in [5.41, 5.74) is 2.46. The van der Waals surface area contributed by atoms with Crippen LogP contribution in [0.5, 0.6) is 0 Å². The second-order valence-electron chi connectivity index (χ2n) is 6.57. The van der Waals surface area contributed by atoms with Gasteiger partial charge in [-0.2, -0.15) is 5.10 Å². The molecule has 1 aliphatic heterocycles. The predicted octanol–water partition coefficient (Wildman–Crippen LogP) is 1.26. The molecule has 0 saturated heterocycles. The maximum Gasteiger partial charge on any atom is 0.258 e. The number of aromatic nitrogens is 5. The third kappa shape index (κ3) is 3.07. The molecule has 1 aliphatic rings. The molecular weight excluding hydrogens is 316 g/mol. The molecule has 0 aromatic carbocycles. The Hall–Kier alpha value is -2.54. The first kappa shape index (κ1) is 16.0. The van der Waals surface area contributed by atoms with E-state index in [0.29, 0.717) is 12.6 Å². The van der Waals surface area contributed by atoms with Gasteiger partial charge in [0, 0.05) is 37.7 Å². The molecule has 0 radical (unpaired) electrons. The fourth-order valence-electron chi connectivity index (χ4n) is 3.33. The van der Waals surface area contributed by atoms with E-state index in [0.717, 1.165) is 54.4 Å². The molecule has 3 aromatic rings. The normalized spacial score (nSPS) is 17.0. The molecule has 7 nitrogen and oxygen atoms in total. The van der Waals surface area contributed by atoms with E-state index in [4.69, 9.17) is 0 Å². The highest BCUT2D eigenvalue weighted by molar-refractivity contribution is 5.46. The van der Waals surface area contributed by atoms with Crippen LogP contribution in [-0.2, 0) is 25.9 Å². The minimum atomic E-state index is -0.0414. The lowest BCUT2D eigenvalue weighted by Gasteiger charge is -2.23. The van der Waals surface area contributed by atoms with Gasteiger partial charge >= 0.3 is 0 Å². The average molecular weight is 338 g/mol. The smallest absolute Gasteiger partial charge is 0.258 e. The first-order valence-electron chi connectivity index (χ1n) is 8.78. The van der Waals surface area contributed by atoms with E-state index in [1.807, 2.05) is 23.7 Å². The van der Waals surface area contributed by atoms with E-state index in [1.54, 1.807) is 16.7 Å². The molecular formula is C18H22N6O. The zero-order chi connectivity index (χ0) is 17.4. The lowest BCUT2D eigenvalue weighted by atomic mass is 10.1. The Kier molecular flexibility index (Phi) is 4.09. The summed E-state index contributed by atoms with van der Waals surface area (Å²) in [5.74, 6) is 1.99. The summed E-state index contributed by atoms with van der Waals surface area (Å²) in [6.45, 7) is 5.43. The van der Waals surface area contributed by atoms with Gasteiger partial charge in [-0.15, -0.1) is 0 Å². The maximum atomic E-state index is 12.3. The third-order valence-electron chi connectivity index (χ3n) is 4.73. The number of hydrogen-bond donors (Lipinski definition) is 1. The van der Waals surface area contributed by atoms with Crippen molar-refractivity contribution in [2.24, 2.45) is 0 Å². The van der Waals surface area contributed by atoms with Gasteiger partial charge in [0.1, 0.15) is 11.5 Å². The molecule has 0 saturated carbocycles. The summed E-state index contributed by atoms with van der Waals surface area (Å²) in [4.78, 5) is 21.5. The Labute approximate surface area is 145 Å². The van der Waals surface area contributed by atoms with E-state index in [9.17, 15) is 4.79 Å². The number of pyridine rings is 1. The standard InChI is InChI=1S/C18H22N6O/c1-3-15-21-16-7-6-13(11-24(16)22-15)19-10-14-9-17(25)23-8-4-5-12(2)18(23)20-14/h4-5,8-9,13,19H,3,6-7,10-11H2,1-2H3/t13-/m0/s1. The van der Waals surface area contributed by atoms with Crippen molar-refractivity contribution in [1.82, 2.24) is 29.5 Å². The van der Waals surface area contributed by atoms with Crippen molar-refractivity contribution in [2.45, 2.75) is 52.2 Å². The first-order valence-corrected chi connectivity index (χ1v) is 8.78. The topological polar surface area (TPSA) is 77.1 Å². The van der Waals surface area contributed by atoms with Crippen LogP contribution in [0.1, 0.15) is 36.3 Å². The van der Waals surface area contributed by atoms with Gasteiger partial charge < -0.3 is 5.32 Å². The van der Waals surface area contributed by atoms with E-state index < -0.39 is 0 Å². The summed E-state index contributed by atoms with van der Waals surface area (Å²) in [5, 5.41) is 8.06. The van der Waals surface area contributed by atoms with Gasteiger partial charge in [0.15, 0.2) is 5.82 Å². The van der Waals surface area contributed by atoms with E-state index in [1.165, 1.54) is 0 Å². The Morgan fingerprint density at radius 3 is 3.08 bits per heavy atom. The van der Waals surface area contributed by atoms with Gasteiger partial charge in [-0.05, 0) is 25.0 Å². The van der Waals surface area contributed by atoms with Crippen LogP contribution in [0.4, 0.5) is 0 Å². The minimum absolute atomic E-state index is 0.0414. The molecule has 4 rings (SSSR count). The highest BCUT2D eigenvalue weighted by atomic mass is 16.1. The van der Waals surface area contributed by atoms with Crippen molar-refractivity contribution in [3.05, 3.63) is 57.7 Å². The van der Waals surface area contributed by atoms with Crippen LogP contribution >= 0.6 is 0 Å². The average Bonchev–Trinajstić information content (AvgIpc) is 3.03. The lowest BCUT2D eigenvalue weighted by Crippen LogP contribution is -2.37. The monoisotopic (exact) mass is 338 g/mol. The Morgan fingerprint density at radius 2 is 2.24 bits per heavy atom. The largest absolute Gasteiger partial charge is 0.307 e. The summed E-state index contributed by atoms with van der Waals surface area (Å²) >= 11 is 0. The van der Waals surface area contributed by atoms with Crippen molar-refractivity contribution in [1.29, 1.82) is 0 Å². The molecule has 3 aromatic heterocycles. The maximum absolute atomic E-state index is 12.3. The summed E-state index contributed by atoms with van der Waals surface area (Å²) in [7, 11) is 0. The number of rotatable bonds is 4. The van der Waals surface area contributed by atoms with E-state index >= 15 is 0 Å². The highest BCUT2D eigenvalue weighted by Crippen LogP contribution is 2.14. The fraction of sp³-hybridized carbons (Fsp3) is 0.444. The zero-order valence-corrected chi connectivity index (χ0v) is 14.6. The third-order valence-corrected chi connectivity index (χ3v) is 4.73. The lowest BCUT2D eigenvalue weighted by molar-refractivity contribution is 0.356.